The fourth-order valence-corrected chi connectivity index (χ4v) is 2.83. The first kappa shape index (κ1) is 12.9. The van der Waals surface area contributed by atoms with Gasteiger partial charge in [-0.3, -0.25) is 11.3 Å². The number of rotatable bonds is 6. The lowest BCUT2D eigenvalue weighted by molar-refractivity contribution is 0.189. The van der Waals surface area contributed by atoms with Crippen LogP contribution >= 0.6 is 22.9 Å². The van der Waals surface area contributed by atoms with Crippen molar-refractivity contribution < 1.29 is 4.74 Å². The lowest BCUT2D eigenvalue weighted by Crippen LogP contribution is -2.27. The molecular formula is C10H17ClN2OS. The van der Waals surface area contributed by atoms with Crippen molar-refractivity contribution in [1.29, 1.82) is 0 Å². The fourth-order valence-electron chi connectivity index (χ4n) is 1.41. The number of hydrazine groups is 1. The Morgan fingerprint density at radius 2 is 2.40 bits per heavy atom. The van der Waals surface area contributed by atoms with Crippen LogP contribution in [-0.2, 0) is 4.74 Å². The number of aryl methyl sites for hydroxylation is 1. The number of halogens is 1. The molecular weight excluding hydrogens is 232 g/mol. The highest BCUT2D eigenvalue weighted by molar-refractivity contribution is 7.10. The van der Waals surface area contributed by atoms with Crippen molar-refractivity contribution >= 4 is 22.9 Å². The Bertz CT molecular complexity index is 304. The van der Waals surface area contributed by atoms with Crippen LogP contribution < -0.4 is 11.3 Å². The Balaban J connectivity index is 2.61. The molecule has 0 aliphatic rings. The number of nitrogens with two attached hydrogens (primary N) is 1. The Labute approximate surface area is 99.5 Å². The van der Waals surface area contributed by atoms with Crippen molar-refractivity contribution in [2.45, 2.75) is 25.8 Å². The summed E-state index contributed by atoms with van der Waals surface area (Å²) in [6, 6.07) is 0.131. The molecule has 3 N–H and O–H groups in total. The molecule has 1 rings (SSSR count). The van der Waals surface area contributed by atoms with Gasteiger partial charge in [0.2, 0.25) is 0 Å². The van der Waals surface area contributed by atoms with E-state index in [-0.39, 0.29) is 6.04 Å². The molecule has 0 aliphatic heterocycles. The molecule has 0 amide bonds. The summed E-state index contributed by atoms with van der Waals surface area (Å²) < 4.78 is 5.01. The van der Waals surface area contributed by atoms with Crippen molar-refractivity contribution in [2.24, 2.45) is 5.84 Å². The number of nitrogens with one attached hydrogen (secondary N) is 1. The van der Waals surface area contributed by atoms with E-state index in [0.717, 1.165) is 34.9 Å². The van der Waals surface area contributed by atoms with Crippen LogP contribution in [0, 0.1) is 6.92 Å². The quantitative estimate of drug-likeness (QED) is 0.462. The average Bonchev–Trinajstić information content (AvgIpc) is 2.56. The van der Waals surface area contributed by atoms with Gasteiger partial charge in [0.25, 0.3) is 0 Å². The summed E-state index contributed by atoms with van der Waals surface area (Å²) in [5, 5.41) is 2.89. The summed E-state index contributed by atoms with van der Waals surface area (Å²) in [6.07, 6.45) is 1.91. The number of methoxy groups -OCH3 is 1. The molecule has 0 spiro atoms. The van der Waals surface area contributed by atoms with Crippen molar-refractivity contribution in [3.8, 4) is 0 Å². The Morgan fingerprint density at radius 3 is 2.87 bits per heavy atom. The highest BCUT2D eigenvalue weighted by atomic mass is 35.5. The molecule has 0 aliphatic carbocycles. The highest BCUT2D eigenvalue weighted by Gasteiger charge is 2.16. The van der Waals surface area contributed by atoms with Gasteiger partial charge in [-0.05, 0) is 30.7 Å². The maximum absolute atomic E-state index is 6.18. The first-order valence-corrected chi connectivity index (χ1v) is 6.15. The maximum Gasteiger partial charge on any atom is 0.0590 e. The monoisotopic (exact) mass is 248 g/mol. The minimum atomic E-state index is 0.131. The largest absolute Gasteiger partial charge is 0.385 e. The van der Waals surface area contributed by atoms with Gasteiger partial charge in [-0.2, -0.15) is 0 Å². The van der Waals surface area contributed by atoms with E-state index in [1.54, 1.807) is 18.4 Å². The lowest BCUT2D eigenvalue weighted by Gasteiger charge is -2.14. The topological polar surface area (TPSA) is 47.3 Å². The summed E-state index contributed by atoms with van der Waals surface area (Å²) in [4.78, 5) is 1.12. The van der Waals surface area contributed by atoms with Crippen LogP contribution in [0.3, 0.4) is 0 Å². The van der Waals surface area contributed by atoms with Crippen molar-refractivity contribution in [3.05, 3.63) is 20.8 Å². The standard InChI is InChI=1S/C10H17ClN2OS/c1-7-6-15-10(9(7)11)8(13-12)4-3-5-14-2/h6,8,13H,3-5,12H2,1-2H3. The molecule has 0 saturated heterocycles. The van der Waals surface area contributed by atoms with Crippen LogP contribution in [0.15, 0.2) is 5.38 Å². The summed E-state index contributed by atoms with van der Waals surface area (Å²) in [6.45, 7) is 2.76. The third-order valence-electron chi connectivity index (χ3n) is 2.28. The molecule has 1 aromatic rings. The van der Waals surface area contributed by atoms with Crippen LogP contribution in [0.2, 0.25) is 5.02 Å². The smallest absolute Gasteiger partial charge is 0.0590 e. The minimum absolute atomic E-state index is 0.131. The molecule has 0 fully saturated rings. The van der Waals surface area contributed by atoms with Crippen molar-refractivity contribution in [3.63, 3.8) is 0 Å². The highest BCUT2D eigenvalue weighted by Crippen LogP contribution is 2.33. The first-order valence-electron chi connectivity index (χ1n) is 4.89. The predicted molar refractivity (Wildman–Crippen MR) is 65.2 cm³/mol. The van der Waals surface area contributed by atoms with Crippen LogP contribution in [0.4, 0.5) is 0 Å². The van der Waals surface area contributed by atoms with Gasteiger partial charge in [0.05, 0.1) is 11.1 Å². The van der Waals surface area contributed by atoms with Crippen LogP contribution in [-0.4, -0.2) is 13.7 Å². The second kappa shape index (κ2) is 6.45. The van der Waals surface area contributed by atoms with E-state index in [2.05, 4.69) is 10.8 Å². The number of ether oxygens (including phenoxy) is 1. The third kappa shape index (κ3) is 3.43. The molecule has 15 heavy (non-hydrogen) atoms. The van der Waals surface area contributed by atoms with Crippen molar-refractivity contribution in [2.75, 3.05) is 13.7 Å². The lowest BCUT2D eigenvalue weighted by atomic mass is 10.1. The van der Waals surface area contributed by atoms with E-state index in [1.165, 1.54) is 0 Å². The third-order valence-corrected chi connectivity index (χ3v) is 4.11. The zero-order valence-corrected chi connectivity index (χ0v) is 10.6. The molecule has 86 valence electrons. The van der Waals surface area contributed by atoms with Gasteiger partial charge in [0.1, 0.15) is 0 Å². The Hall–Kier alpha value is -0.130. The maximum atomic E-state index is 6.18. The number of hydrogen-bond donors (Lipinski definition) is 2. The molecule has 0 saturated carbocycles. The van der Waals surface area contributed by atoms with Gasteiger partial charge in [-0.15, -0.1) is 11.3 Å². The van der Waals surface area contributed by atoms with Gasteiger partial charge in [0.15, 0.2) is 0 Å². The number of hydrogen-bond acceptors (Lipinski definition) is 4. The molecule has 0 radical (unpaired) electrons. The summed E-state index contributed by atoms with van der Waals surface area (Å²) in [5.41, 5.74) is 3.92. The molecule has 1 heterocycles. The van der Waals surface area contributed by atoms with Crippen molar-refractivity contribution in [1.82, 2.24) is 5.43 Å². The molecule has 1 unspecified atom stereocenters. The molecule has 0 bridgehead atoms. The summed E-state index contributed by atoms with van der Waals surface area (Å²) in [7, 11) is 1.70. The van der Waals surface area contributed by atoms with Gasteiger partial charge in [-0.25, -0.2) is 0 Å². The Kier molecular flexibility index (Phi) is 5.56. The molecule has 0 aromatic carbocycles. The summed E-state index contributed by atoms with van der Waals surface area (Å²) in [5.74, 6) is 5.52. The zero-order valence-electron chi connectivity index (χ0n) is 9.05. The molecule has 3 nitrogen and oxygen atoms in total. The van der Waals surface area contributed by atoms with E-state index in [4.69, 9.17) is 22.2 Å². The molecule has 1 atom stereocenters. The molecule has 5 heteroatoms. The number of thiophene rings is 1. The second-order valence-electron chi connectivity index (χ2n) is 3.45. The van der Waals surface area contributed by atoms with E-state index >= 15 is 0 Å². The predicted octanol–water partition coefficient (Wildman–Crippen LogP) is 2.64. The first-order chi connectivity index (χ1) is 7.20. The van der Waals surface area contributed by atoms with E-state index < -0.39 is 0 Å². The van der Waals surface area contributed by atoms with E-state index in [9.17, 15) is 0 Å². The minimum Gasteiger partial charge on any atom is -0.385 e. The van der Waals surface area contributed by atoms with Gasteiger partial charge in [-0.1, -0.05) is 11.6 Å². The van der Waals surface area contributed by atoms with Gasteiger partial charge in [0, 0.05) is 18.6 Å². The van der Waals surface area contributed by atoms with Crippen LogP contribution in [0.1, 0.15) is 29.3 Å². The Morgan fingerprint density at radius 1 is 1.67 bits per heavy atom. The van der Waals surface area contributed by atoms with Gasteiger partial charge < -0.3 is 4.74 Å². The fraction of sp³-hybridized carbons (Fsp3) is 0.600. The summed E-state index contributed by atoms with van der Waals surface area (Å²) >= 11 is 7.83. The SMILES string of the molecule is COCCCC(NN)c1scc(C)c1Cl. The second-order valence-corrected chi connectivity index (χ2v) is 4.74. The van der Waals surface area contributed by atoms with Crippen LogP contribution in [0.5, 0.6) is 0 Å². The normalized spacial score (nSPS) is 13.1. The zero-order chi connectivity index (χ0) is 11.3. The average molecular weight is 249 g/mol. The van der Waals surface area contributed by atoms with Gasteiger partial charge >= 0.3 is 0 Å². The molecule has 1 aromatic heterocycles. The van der Waals surface area contributed by atoms with Crippen LogP contribution in [0.25, 0.3) is 0 Å². The van der Waals surface area contributed by atoms with E-state index in [0.29, 0.717) is 0 Å². The van der Waals surface area contributed by atoms with E-state index in [1.807, 2.05) is 6.92 Å².